The first-order valence-corrected chi connectivity index (χ1v) is 8.34. The molecule has 1 aliphatic rings. The van der Waals surface area contributed by atoms with Gasteiger partial charge in [0, 0.05) is 19.5 Å². The highest BCUT2D eigenvalue weighted by molar-refractivity contribution is 5.78. The molecule has 24 heavy (non-hydrogen) atoms. The Kier molecular flexibility index (Phi) is 5.16. The van der Waals surface area contributed by atoms with E-state index in [4.69, 9.17) is 4.74 Å². The van der Waals surface area contributed by atoms with E-state index in [0.29, 0.717) is 13.0 Å². The first kappa shape index (κ1) is 16.5. The maximum Gasteiger partial charge on any atom is 0.224 e. The lowest BCUT2D eigenvalue weighted by atomic mass is 10.1. The van der Waals surface area contributed by atoms with Gasteiger partial charge in [0.05, 0.1) is 13.0 Å². The topological polar surface area (TPSA) is 41.6 Å². The Bertz CT molecular complexity index is 708. The lowest BCUT2D eigenvalue weighted by molar-refractivity contribution is -0.120. The highest BCUT2D eigenvalue weighted by Gasteiger charge is 2.13. The Morgan fingerprint density at radius 1 is 1.08 bits per heavy atom. The van der Waals surface area contributed by atoms with Gasteiger partial charge in [-0.3, -0.25) is 4.79 Å². The molecular formula is C20H24N2O2. The van der Waals surface area contributed by atoms with Crippen LogP contribution in [0.1, 0.15) is 22.3 Å². The smallest absolute Gasteiger partial charge is 0.224 e. The third-order valence-electron chi connectivity index (χ3n) is 4.13. The number of nitrogens with zero attached hydrogens (tertiary/aromatic N) is 1. The van der Waals surface area contributed by atoms with Gasteiger partial charge in [-0.05, 0) is 42.4 Å². The standard InChI is InChI=1S/C20H24N2O2/c1-22(2)14-16-5-3-15(4-6-16)13-21-20(23)12-17-7-8-19-18(11-17)9-10-24-19/h3-8,11H,9-10,12-14H2,1-2H3,(H,21,23). The van der Waals surface area contributed by atoms with Crippen molar-refractivity contribution in [3.63, 3.8) is 0 Å². The molecule has 2 aromatic carbocycles. The average Bonchev–Trinajstić information content (AvgIpc) is 3.01. The van der Waals surface area contributed by atoms with Crippen LogP contribution < -0.4 is 10.1 Å². The molecular weight excluding hydrogens is 300 g/mol. The molecule has 0 saturated heterocycles. The molecule has 1 aliphatic heterocycles. The number of carbonyl (C=O) groups is 1. The fourth-order valence-electron chi connectivity index (χ4n) is 2.93. The number of fused-ring (bicyclic) bond motifs is 1. The minimum absolute atomic E-state index is 0.0474. The summed E-state index contributed by atoms with van der Waals surface area (Å²) in [5, 5.41) is 2.99. The van der Waals surface area contributed by atoms with Crippen LogP contribution in [-0.4, -0.2) is 31.5 Å². The zero-order valence-corrected chi connectivity index (χ0v) is 14.3. The van der Waals surface area contributed by atoms with Crippen molar-refractivity contribution in [2.75, 3.05) is 20.7 Å². The summed E-state index contributed by atoms with van der Waals surface area (Å²) in [4.78, 5) is 14.3. The first-order valence-electron chi connectivity index (χ1n) is 8.34. The van der Waals surface area contributed by atoms with Crippen molar-refractivity contribution in [1.82, 2.24) is 10.2 Å². The van der Waals surface area contributed by atoms with Crippen LogP contribution in [0, 0.1) is 0 Å². The molecule has 0 radical (unpaired) electrons. The summed E-state index contributed by atoms with van der Waals surface area (Å²) in [6, 6.07) is 14.4. The lowest BCUT2D eigenvalue weighted by Crippen LogP contribution is -2.24. The minimum Gasteiger partial charge on any atom is -0.493 e. The molecule has 2 aromatic rings. The van der Waals surface area contributed by atoms with Crippen molar-refractivity contribution in [2.24, 2.45) is 0 Å². The average molecular weight is 324 g/mol. The maximum absolute atomic E-state index is 12.1. The van der Waals surface area contributed by atoms with Crippen LogP contribution in [0.25, 0.3) is 0 Å². The molecule has 4 heteroatoms. The predicted octanol–water partition coefficient (Wildman–Crippen LogP) is 2.54. The third kappa shape index (κ3) is 4.36. The Balaban J connectivity index is 1.50. The summed E-state index contributed by atoms with van der Waals surface area (Å²) < 4.78 is 5.49. The number of ether oxygens (including phenoxy) is 1. The zero-order valence-electron chi connectivity index (χ0n) is 14.3. The first-order chi connectivity index (χ1) is 11.6. The van der Waals surface area contributed by atoms with Crippen molar-refractivity contribution in [3.8, 4) is 5.75 Å². The molecule has 1 amide bonds. The van der Waals surface area contributed by atoms with E-state index in [9.17, 15) is 4.79 Å². The van der Waals surface area contributed by atoms with E-state index in [2.05, 4.69) is 54.6 Å². The fourth-order valence-corrected chi connectivity index (χ4v) is 2.93. The summed E-state index contributed by atoms with van der Waals surface area (Å²) >= 11 is 0. The highest BCUT2D eigenvalue weighted by Crippen LogP contribution is 2.25. The molecule has 0 unspecified atom stereocenters. The molecule has 4 nitrogen and oxygen atoms in total. The summed E-state index contributed by atoms with van der Waals surface area (Å²) in [7, 11) is 4.11. The van der Waals surface area contributed by atoms with Crippen LogP contribution in [0.15, 0.2) is 42.5 Å². The second-order valence-electron chi connectivity index (χ2n) is 6.55. The molecule has 0 bridgehead atoms. The third-order valence-corrected chi connectivity index (χ3v) is 4.13. The summed E-state index contributed by atoms with van der Waals surface area (Å²) in [5.41, 5.74) is 4.64. The van der Waals surface area contributed by atoms with Crippen molar-refractivity contribution in [1.29, 1.82) is 0 Å². The van der Waals surface area contributed by atoms with Crippen LogP contribution in [0.2, 0.25) is 0 Å². The lowest BCUT2D eigenvalue weighted by Gasteiger charge is -2.10. The van der Waals surface area contributed by atoms with E-state index in [1.807, 2.05) is 12.1 Å². The fraction of sp³-hybridized carbons (Fsp3) is 0.350. The van der Waals surface area contributed by atoms with Crippen LogP contribution in [0.4, 0.5) is 0 Å². The van der Waals surface area contributed by atoms with Crippen LogP contribution in [0.5, 0.6) is 5.75 Å². The molecule has 0 spiro atoms. The quantitative estimate of drug-likeness (QED) is 0.888. The van der Waals surface area contributed by atoms with Gasteiger partial charge in [-0.25, -0.2) is 0 Å². The van der Waals surface area contributed by atoms with Crippen LogP contribution in [-0.2, 0) is 30.7 Å². The second-order valence-corrected chi connectivity index (χ2v) is 6.55. The Morgan fingerprint density at radius 3 is 2.54 bits per heavy atom. The van der Waals surface area contributed by atoms with Crippen LogP contribution in [0.3, 0.4) is 0 Å². The Morgan fingerprint density at radius 2 is 1.79 bits per heavy atom. The molecule has 0 atom stereocenters. The molecule has 126 valence electrons. The van der Waals surface area contributed by atoms with Gasteiger partial charge in [-0.2, -0.15) is 0 Å². The summed E-state index contributed by atoms with van der Waals surface area (Å²) in [6.07, 6.45) is 1.34. The summed E-state index contributed by atoms with van der Waals surface area (Å²) in [6.45, 7) is 2.23. The van der Waals surface area contributed by atoms with Gasteiger partial charge in [0.1, 0.15) is 5.75 Å². The van der Waals surface area contributed by atoms with Crippen molar-refractivity contribution in [2.45, 2.75) is 25.9 Å². The van der Waals surface area contributed by atoms with Gasteiger partial charge in [0.2, 0.25) is 5.91 Å². The SMILES string of the molecule is CN(C)Cc1ccc(CNC(=O)Cc2ccc3c(c2)CCO3)cc1. The molecule has 0 aromatic heterocycles. The molecule has 0 aliphatic carbocycles. The van der Waals surface area contributed by atoms with Gasteiger partial charge in [0.25, 0.3) is 0 Å². The summed E-state index contributed by atoms with van der Waals surface area (Å²) in [5.74, 6) is 1.00. The van der Waals surface area contributed by atoms with Gasteiger partial charge in [-0.15, -0.1) is 0 Å². The van der Waals surface area contributed by atoms with Gasteiger partial charge >= 0.3 is 0 Å². The van der Waals surface area contributed by atoms with E-state index in [0.717, 1.165) is 36.4 Å². The Hall–Kier alpha value is -2.33. The number of nitrogens with one attached hydrogen (secondary N) is 1. The second kappa shape index (κ2) is 7.49. The predicted molar refractivity (Wildman–Crippen MR) is 95.0 cm³/mol. The number of rotatable bonds is 6. The number of hydrogen-bond acceptors (Lipinski definition) is 3. The largest absolute Gasteiger partial charge is 0.493 e. The molecule has 1 heterocycles. The molecule has 1 N–H and O–H groups in total. The van der Waals surface area contributed by atoms with Gasteiger partial charge < -0.3 is 15.0 Å². The molecule has 0 saturated carbocycles. The number of carbonyl (C=O) groups excluding carboxylic acids is 1. The van der Waals surface area contributed by atoms with Gasteiger partial charge in [-0.1, -0.05) is 36.4 Å². The van der Waals surface area contributed by atoms with Crippen molar-refractivity contribution < 1.29 is 9.53 Å². The van der Waals surface area contributed by atoms with E-state index in [-0.39, 0.29) is 5.91 Å². The maximum atomic E-state index is 12.1. The number of benzene rings is 2. The molecule has 0 fully saturated rings. The zero-order chi connectivity index (χ0) is 16.9. The van der Waals surface area contributed by atoms with Crippen molar-refractivity contribution >= 4 is 5.91 Å². The monoisotopic (exact) mass is 324 g/mol. The number of amides is 1. The Labute approximate surface area is 143 Å². The van der Waals surface area contributed by atoms with E-state index in [1.165, 1.54) is 11.1 Å². The van der Waals surface area contributed by atoms with Crippen LogP contribution >= 0.6 is 0 Å². The van der Waals surface area contributed by atoms with E-state index < -0.39 is 0 Å². The number of hydrogen-bond donors (Lipinski definition) is 1. The van der Waals surface area contributed by atoms with Crippen molar-refractivity contribution in [3.05, 3.63) is 64.7 Å². The van der Waals surface area contributed by atoms with Gasteiger partial charge in [0.15, 0.2) is 0 Å². The normalized spacial score (nSPS) is 12.8. The van der Waals surface area contributed by atoms with E-state index >= 15 is 0 Å². The minimum atomic E-state index is 0.0474. The molecule has 3 rings (SSSR count). The van der Waals surface area contributed by atoms with E-state index in [1.54, 1.807) is 0 Å². The highest BCUT2D eigenvalue weighted by atomic mass is 16.5.